The summed E-state index contributed by atoms with van der Waals surface area (Å²) >= 11 is 0. The molecule has 1 atom stereocenters. The molecule has 3 aromatic rings. The normalized spacial score (nSPS) is 19.4. The van der Waals surface area contributed by atoms with Crippen molar-refractivity contribution in [3.05, 3.63) is 60.2 Å². The zero-order valence-corrected chi connectivity index (χ0v) is 19.2. The summed E-state index contributed by atoms with van der Waals surface area (Å²) in [5.74, 6) is 0.645. The Hall–Kier alpha value is -2.97. The molecule has 1 fully saturated rings. The van der Waals surface area contributed by atoms with Gasteiger partial charge in [0.1, 0.15) is 18.0 Å². The Morgan fingerprint density at radius 3 is 2.73 bits per heavy atom. The first-order chi connectivity index (χ1) is 16.0. The minimum Gasteiger partial charge on any atom is -0.488 e. The van der Waals surface area contributed by atoms with Crippen molar-refractivity contribution in [2.24, 2.45) is 7.05 Å². The predicted octanol–water partition coefficient (Wildman–Crippen LogP) is 3.28. The number of nitrogens with zero attached hydrogens (tertiary/aromatic N) is 3. The number of hydrogen-bond donors (Lipinski definition) is 1. The molecule has 0 spiro atoms. The number of likely N-dealkylation sites (tertiary alicyclic amines) is 1. The summed E-state index contributed by atoms with van der Waals surface area (Å²) in [5.41, 5.74) is 1.47. The lowest BCUT2D eigenvalue weighted by Crippen LogP contribution is -2.41. The first kappa shape index (κ1) is 23.2. The average Bonchev–Trinajstić information content (AvgIpc) is 3.01. The van der Waals surface area contributed by atoms with Gasteiger partial charge in [-0.05, 0) is 50.1 Å². The van der Waals surface area contributed by atoms with Crippen LogP contribution in [0.5, 0.6) is 5.75 Å². The monoisotopic (exact) mass is 454 g/mol. The Bertz CT molecular complexity index is 1100. The number of benzene rings is 2. The molecule has 7 nitrogen and oxygen atoms in total. The van der Waals surface area contributed by atoms with Crippen LogP contribution in [0.25, 0.3) is 11.0 Å². The van der Waals surface area contributed by atoms with E-state index in [0.29, 0.717) is 26.1 Å². The molecule has 4 rings (SSSR count). The van der Waals surface area contributed by atoms with Gasteiger partial charge in [-0.1, -0.05) is 24.3 Å². The first-order valence-electron chi connectivity index (χ1n) is 11.3. The molecule has 0 radical (unpaired) electrons. The number of methoxy groups -OCH3 is 1. The molecule has 1 aliphatic heterocycles. The SMILES string of the molecule is CO[C@]1(COc2ccccc2F)CCCN(CC(=O)NCc2nc3ccccc3n2C)CC1. The van der Waals surface area contributed by atoms with Crippen LogP contribution in [0.15, 0.2) is 48.5 Å². The van der Waals surface area contributed by atoms with Crippen LogP contribution in [0.4, 0.5) is 4.39 Å². The van der Waals surface area contributed by atoms with Gasteiger partial charge >= 0.3 is 0 Å². The maximum atomic E-state index is 13.9. The highest BCUT2D eigenvalue weighted by Gasteiger charge is 2.34. The molecule has 0 unspecified atom stereocenters. The standard InChI is InChI=1S/C25H31FN4O3/c1-29-21-10-5-4-9-20(21)28-23(29)16-27-24(31)17-30-14-7-12-25(32-2,13-15-30)18-33-22-11-6-3-8-19(22)26/h3-6,8-11H,7,12-18H2,1-2H3,(H,27,31)/t25-/m1/s1. The number of nitrogens with one attached hydrogen (secondary N) is 1. The van der Waals surface area contributed by atoms with Gasteiger partial charge in [0.2, 0.25) is 5.91 Å². The predicted molar refractivity (Wildman–Crippen MR) is 124 cm³/mol. The zero-order valence-electron chi connectivity index (χ0n) is 19.2. The molecule has 176 valence electrons. The first-order valence-corrected chi connectivity index (χ1v) is 11.3. The molecule has 1 aromatic heterocycles. The van der Waals surface area contributed by atoms with E-state index in [1.807, 2.05) is 35.9 Å². The summed E-state index contributed by atoms with van der Waals surface area (Å²) < 4.78 is 27.5. The third-order valence-corrected chi connectivity index (χ3v) is 6.44. The van der Waals surface area contributed by atoms with Crippen molar-refractivity contribution in [1.29, 1.82) is 0 Å². The quantitative estimate of drug-likeness (QED) is 0.566. The second-order valence-electron chi connectivity index (χ2n) is 8.59. The molecule has 1 amide bonds. The molecular formula is C25H31FN4O3. The van der Waals surface area contributed by atoms with Crippen LogP contribution in [0, 0.1) is 5.82 Å². The minimum absolute atomic E-state index is 0.0328. The van der Waals surface area contributed by atoms with Crippen LogP contribution < -0.4 is 10.1 Å². The molecule has 1 saturated heterocycles. The van der Waals surface area contributed by atoms with Crippen molar-refractivity contribution in [3.8, 4) is 5.75 Å². The van der Waals surface area contributed by atoms with E-state index in [2.05, 4.69) is 15.2 Å². The number of amides is 1. The lowest BCUT2D eigenvalue weighted by molar-refractivity contribution is -0.122. The number of rotatable bonds is 8. The van der Waals surface area contributed by atoms with Crippen LogP contribution in [-0.2, 0) is 23.1 Å². The highest BCUT2D eigenvalue weighted by atomic mass is 19.1. The fraction of sp³-hybridized carbons (Fsp3) is 0.440. The molecule has 2 heterocycles. The number of fused-ring (bicyclic) bond motifs is 1. The van der Waals surface area contributed by atoms with Crippen LogP contribution >= 0.6 is 0 Å². The number of imidazole rings is 1. The molecule has 0 bridgehead atoms. The van der Waals surface area contributed by atoms with Gasteiger partial charge in [-0.15, -0.1) is 0 Å². The van der Waals surface area contributed by atoms with Crippen molar-refractivity contribution in [2.75, 3.05) is 33.4 Å². The fourth-order valence-corrected chi connectivity index (χ4v) is 4.35. The Labute approximate surface area is 193 Å². The Morgan fingerprint density at radius 2 is 1.94 bits per heavy atom. The van der Waals surface area contributed by atoms with E-state index in [-0.39, 0.29) is 24.1 Å². The van der Waals surface area contributed by atoms with E-state index in [0.717, 1.165) is 36.2 Å². The summed E-state index contributed by atoms with van der Waals surface area (Å²) in [6, 6.07) is 14.3. The Balaban J connectivity index is 1.29. The largest absolute Gasteiger partial charge is 0.488 e. The average molecular weight is 455 g/mol. The van der Waals surface area contributed by atoms with Gasteiger partial charge in [-0.3, -0.25) is 9.69 Å². The van der Waals surface area contributed by atoms with Gasteiger partial charge in [0, 0.05) is 20.7 Å². The molecule has 1 aliphatic rings. The van der Waals surface area contributed by atoms with Crippen molar-refractivity contribution < 1.29 is 18.7 Å². The molecule has 8 heteroatoms. The van der Waals surface area contributed by atoms with E-state index in [1.54, 1.807) is 25.3 Å². The van der Waals surface area contributed by atoms with Crippen molar-refractivity contribution >= 4 is 16.9 Å². The van der Waals surface area contributed by atoms with Gasteiger partial charge < -0.3 is 19.4 Å². The number of aromatic nitrogens is 2. The van der Waals surface area contributed by atoms with E-state index in [9.17, 15) is 9.18 Å². The van der Waals surface area contributed by atoms with Crippen LogP contribution in [-0.4, -0.2) is 59.3 Å². The highest BCUT2D eigenvalue weighted by molar-refractivity contribution is 5.78. The van der Waals surface area contributed by atoms with Crippen LogP contribution in [0.3, 0.4) is 0 Å². The van der Waals surface area contributed by atoms with Gasteiger partial charge in [-0.2, -0.15) is 0 Å². The Morgan fingerprint density at radius 1 is 1.15 bits per heavy atom. The number of para-hydroxylation sites is 3. The highest BCUT2D eigenvalue weighted by Crippen LogP contribution is 2.28. The van der Waals surface area contributed by atoms with Crippen molar-refractivity contribution in [2.45, 2.75) is 31.4 Å². The third kappa shape index (κ3) is 5.51. The number of carbonyl (C=O) groups is 1. The summed E-state index contributed by atoms with van der Waals surface area (Å²) in [7, 11) is 3.63. The zero-order chi connectivity index (χ0) is 23.3. The number of aryl methyl sites for hydroxylation is 1. The summed E-state index contributed by atoms with van der Waals surface area (Å²) in [4.78, 5) is 19.4. The topological polar surface area (TPSA) is 68.6 Å². The van der Waals surface area contributed by atoms with E-state index >= 15 is 0 Å². The molecule has 33 heavy (non-hydrogen) atoms. The van der Waals surface area contributed by atoms with Gasteiger partial charge in [-0.25, -0.2) is 9.37 Å². The smallest absolute Gasteiger partial charge is 0.234 e. The summed E-state index contributed by atoms with van der Waals surface area (Å²) in [5, 5.41) is 2.99. The second-order valence-corrected chi connectivity index (χ2v) is 8.59. The lowest BCUT2D eigenvalue weighted by atomic mass is 9.95. The minimum atomic E-state index is -0.499. The van der Waals surface area contributed by atoms with Crippen LogP contribution in [0.1, 0.15) is 25.1 Å². The maximum Gasteiger partial charge on any atom is 0.234 e. The third-order valence-electron chi connectivity index (χ3n) is 6.44. The number of ether oxygens (including phenoxy) is 2. The van der Waals surface area contributed by atoms with E-state index < -0.39 is 5.60 Å². The summed E-state index contributed by atoms with van der Waals surface area (Å²) in [6.45, 7) is 2.48. The van der Waals surface area contributed by atoms with Gasteiger partial charge in [0.15, 0.2) is 11.6 Å². The van der Waals surface area contributed by atoms with Gasteiger partial charge in [0.05, 0.1) is 24.1 Å². The molecular weight excluding hydrogens is 423 g/mol. The fourth-order valence-electron chi connectivity index (χ4n) is 4.35. The number of carbonyl (C=O) groups excluding carboxylic acids is 1. The molecule has 1 N–H and O–H groups in total. The van der Waals surface area contributed by atoms with Crippen LogP contribution in [0.2, 0.25) is 0 Å². The van der Waals surface area contributed by atoms with E-state index in [1.165, 1.54) is 6.07 Å². The van der Waals surface area contributed by atoms with Crippen molar-refractivity contribution in [3.63, 3.8) is 0 Å². The molecule has 2 aromatic carbocycles. The maximum absolute atomic E-state index is 13.9. The lowest BCUT2D eigenvalue weighted by Gasteiger charge is -2.31. The van der Waals surface area contributed by atoms with Gasteiger partial charge in [0.25, 0.3) is 0 Å². The Kier molecular flexibility index (Phi) is 7.25. The van der Waals surface area contributed by atoms with E-state index in [4.69, 9.17) is 9.47 Å². The number of halogens is 1. The second kappa shape index (κ2) is 10.3. The molecule has 0 saturated carbocycles. The number of hydrogen-bond acceptors (Lipinski definition) is 5. The van der Waals surface area contributed by atoms with Crippen molar-refractivity contribution in [1.82, 2.24) is 19.8 Å². The summed E-state index contributed by atoms with van der Waals surface area (Å²) in [6.07, 6.45) is 2.36. The molecule has 0 aliphatic carbocycles.